The molecule has 0 atom stereocenters. The number of amidine groups is 1. The molecule has 43 heavy (non-hydrogen) atoms. The minimum atomic E-state index is -0.607. The zero-order valence-corrected chi connectivity index (χ0v) is 27.9. The molecule has 0 spiro atoms. The first-order chi connectivity index (χ1) is 20.4. The van der Waals surface area contributed by atoms with Crippen LogP contribution < -0.4 is 20.2 Å². The number of piperidine rings is 1. The molecule has 0 saturated carbocycles. The number of Topliss-reactive ketones (excluding diaryl/α,β-unsaturated/α-hetero) is 1. The van der Waals surface area contributed by atoms with Crippen LogP contribution >= 0.6 is 28.1 Å². The lowest BCUT2D eigenvalue weighted by Crippen LogP contribution is -2.44. The zero-order chi connectivity index (χ0) is 32.6. The van der Waals surface area contributed by atoms with Crippen LogP contribution in [-0.4, -0.2) is 57.5 Å². The van der Waals surface area contributed by atoms with Crippen LogP contribution in [0.2, 0.25) is 0 Å². The Balaban J connectivity index is 0.00000221. The molecule has 1 aromatic carbocycles. The van der Waals surface area contributed by atoms with E-state index in [4.69, 9.17) is 4.74 Å². The third-order valence-electron chi connectivity index (χ3n) is 5.34. The lowest BCUT2D eigenvalue weighted by molar-refractivity contribution is -0.118. The second kappa shape index (κ2) is 19.0. The minimum absolute atomic E-state index is 0.183. The second-order valence-corrected chi connectivity index (χ2v) is 10.9. The summed E-state index contributed by atoms with van der Waals surface area (Å²) in [6, 6.07) is 6.92. The van der Waals surface area contributed by atoms with Gasteiger partial charge in [0.2, 0.25) is 5.78 Å². The molecule has 1 saturated heterocycles. The van der Waals surface area contributed by atoms with E-state index in [0.29, 0.717) is 37.4 Å². The molecule has 12 nitrogen and oxygen atoms in total. The molecule has 1 aliphatic rings. The number of nitrogens with one attached hydrogen (secondary N) is 4. The Labute approximate surface area is 265 Å². The quantitative estimate of drug-likeness (QED) is 0.0891. The summed E-state index contributed by atoms with van der Waals surface area (Å²) in [6.07, 6.45) is 1.63. The molecular weight excluding hydrogens is 645 g/mol. The normalized spacial score (nSPS) is 13.3. The van der Waals surface area contributed by atoms with Gasteiger partial charge in [0.1, 0.15) is 17.2 Å². The van der Waals surface area contributed by atoms with E-state index in [-0.39, 0.29) is 22.0 Å². The standard InChI is InChI=1S/C24H29BrFN7O5S.2C2H6/c1-24(2,3)38-23(36)32-39-31-19-7-5-16(13-27-19)29-22(35)33-10-8-14(9-11-33)20(34)21(30-37)28-15-4-6-18(26)17(25)12-15;2*1-2/h4-7,12-14,37H,8-11H2,1-3H3,(H,27,31)(H,28,30)(H,29,35)(H,32,36);2*1-2H3. The summed E-state index contributed by atoms with van der Waals surface area (Å²) in [7, 11) is 0. The van der Waals surface area contributed by atoms with Gasteiger partial charge in [-0.3, -0.25) is 14.7 Å². The fraction of sp³-hybridized carbons (Fsp3) is 0.464. The first-order valence-corrected chi connectivity index (χ1v) is 15.5. The molecule has 1 fully saturated rings. The smallest absolute Gasteiger partial charge is 0.419 e. The molecule has 3 amide bonds. The van der Waals surface area contributed by atoms with Crippen LogP contribution in [-0.2, 0) is 9.53 Å². The van der Waals surface area contributed by atoms with Gasteiger partial charge in [-0.1, -0.05) is 27.7 Å². The topological polar surface area (TPSA) is 157 Å². The molecule has 238 valence electrons. The Bertz CT molecular complexity index is 1220. The number of amides is 3. The van der Waals surface area contributed by atoms with Crippen molar-refractivity contribution in [1.29, 1.82) is 0 Å². The van der Waals surface area contributed by atoms with Crippen LogP contribution in [0.3, 0.4) is 0 Å². The van der Waals surface area contributed by atoms with E-state index in [2.05, 4.69) is 40.7 Å². The number of anilines is 2. The number of carbonyl (C=O) groups is 3. The highest BCUT2D eigenvalue weighted by molar-refractivity contribution is 9.10. The lowest BCUT2D eigenvalue weighted by atomic mass is 9.92. The molecule has 0 unspecified atom stereocenters. The highest BCUT2D eigenvalue weighted by atomic mass is 79.9. The average Bonchev–Trinajstić information content (AvgIpc) is 2.99. The van der Waals surface area contributed by atoms with Crippen LogP contribution in [0.15, 0.2) is 46.0 Å². The lowest BCUT2D eigenvalue weighted by Gasteiger charge is -2.31. The predicted molar refractivity (Wildman–Crippen MR) is 172 cm³/mol. The van der Waals surface area contributed by atoms with Crippen LogP contribution in [0.25, 0.3) is 0 Å². The zero-order valence-electron chi connectivity index (χ0n) is 25.5. The number of urea groups is 1. The number of hydrogen-bond acceptors (Lipinski definition) is 9. The summed E-state index contributed by atoms with van der Waals surface area (Å²) >= 11 is 3.96. The maximum atomic E-state index is 13.4. The van der Waals surface area contributed by atoms with Crippen LogP contribution in [0, 0.1) is 11.7 Å². The number of benzene rings is 1. The maximum absolute atomic E-state index is 13.4. The Morgan fingerprint density at radius 1 is 1.12 bits per heavy atom. The van der Waals surface area contributed by atoms with Gasteiger partial charge in [0, 0.05) is 19.0 Å². The van der Waals surface area contributed by atoms with Crippen molar-refractivity contribution < 1.29 is 28.7 Å². The Morgan fingerprint density at radius 2 is 1.77 bits per heavy atom. The number of ether oxygens (including phenoxy) is 1. The van der Waals surface area contributed by atoms with E-state index in [1.54, 1.807) is 37.8 Å². The predicted octanol–water partition coefficient (Wildman–Crippen LogP) is 7.06. The second-order valence-electron chi connectivity index (χ2n) is 9.47. The molecule has 2 aromatic rings. The highest BCUT2D eigenvalue weighted by Gasteiger charge is 2.30. The van der Waals surface area contributed by atoms with Crippen molar-refractivity contribution in [3.05, 3.63) is 46.8 Å². The Morgan fingerprint density at radius 3 is 2.30 bits per heavy atom. The summed E-state index contributed by atoms with van der Waals surface area (Å²) in [4.78, 5) is 47.1. The van der Waals surface area contributed by atoms with E-state index in [9.17, 15) is 24.0 Å². The van der Waals surface area contributed by atoms with Crippen molar-refractivity contribution in [2.75, 3.05) is 23.1 Å². The van der Waals surface area contributed by atoms with E-state index >= 15 is 0 Å². The van der Waals surface area contributed by atoms with Crippen molar-refractivity contribution in [2.45, 2.75) is 66.9 Å². The number of carbonyl (C=O) groups excluding carboxylic acids is 3. The largest absolute Gasteiger partial charge is 0.443 e. The van der Waals surface area contributed by atoms with Gasteiger partial charge in [-0.2, -0.15) is 0 Å². The summed E-state index contributed by atoms with van der Waals surface area (Å²) in [5.41, 5.74) is 1.99. The highest BCUT2D eigenvalue weighted by Crippen LogP contribution is 2.24. The number of halogens is 2. The number of ketones is 1. The van der Waals surface area contributed by atoms with Gasteiger partial charge in [-0.25, -0.2) is 34.2 Å². The first kappa shape index (κ1) is 37.6. The Hall–Kier alpha value is -3.43. The van der Waals surface area contributed by atoms with Gasteiger partial charge >= 0.3 is 12.1 Å². The Kier molecular flexibility index (Phi) is 16.6. The minimum Gasteiger partial charge on any atom is -0.443 e. The number of pyridine rings is 1. The van der Waals surface area contributed by atoms with Crippen molar-refractivity contribution >= 4 is 69.0 Å². The molecule has 5 N–H and O–H groups in total. The number of likely N-dealkylation sites (tertiary alicyclic amines) is 1. The van der Waals surface area contributed by atoms with Crippen LogP contribution in [0.4, 0.5) is 31.2 Å². The average molecular weight is 687 g/mol. The number of hydrogen-bond donors (Lipinski definition) is 5. The maximum Gasteiger partial charge on any atom is 0.419 e. The molecule has 2 heterocycles. The number of aliphatic imine (C=N–C) groups is 1. The van der Waals surface area contributed by atoms with Gasteiger partial charge in [0.05, 0.1) is 34.2 Å². The monoisotopic (exact) mass is 685 g/mol. The van der Waals surface area contributed by atoms with Crippen LogP contribution in [0.1, 0.15) is 61.3 Å². The fourth-order valence-electron chi connectivity index (χ4n) is 3.51. The molecular formula is C28H41BrFN7O5S. The van der Waals surface area contributed by atoms with E-state index < -0.39 is 29.2 Å². The molecule has 0 radical (unpaired) electrons. The van der Waals surface area contributed by atoms with Gasteiger partial charge < -0.3 is 15.0 Å². The fourth-order valence-corrected chi connectivity index (χ4v) is 4.27. The molecule has 15 heteroatoms. The van der Waals surface area contributed by atoms with Gasteiger partial charge in [-0.15, -0.1) is 0 Å². The number of hydroxylamine groups is 1. The van der Waals surface area contributed by atoms with Crippen LogP contribution in [0.5, 0.6) is 0 Å². The van der Waals surface area contributed by atoms with Crippen molar-refractivity contribution in [3.8, 4) is 0 Å². The molecule has 3 rings (SSSR count). The third kappa shape index (κ3) is 13.2. The van der Waals surface area contributed by atoms with Gasteiger partial charge in [0.25, 0.3) is 0 Å². The molecule has 1 aliphatic heterocycles. The van der Waals surface area contributed by atoms with Crippen molar-refractivity contribution in [2.24, 2.45) is 10.9 Å². The molecule has 1 aromatic heterocycles. The number of aromatic nitrogens is 1. The first-order valence-electron chi connectivity index (χ1n) is 13.9. The SMILES string of the molecule is CC.CC.CC(C)(C)OC(=O)NSNc1ccc(NC(=O)N2CCC(C(=O)C(=Nc3ccc(F)c(Br)c3)NO)CC2)cn1. The molecule has 0 aliphatic carbocycles. The van der Waals surface area contributed by atoms with E-state index in [1.165, 1.54) is 24.4 Å². The summed E-state index contributed by atoms with van der Waals surface area (Å²) in [6.45, 7) is 13.9. The molecule has 0 bridgehead atoms. The number of nitrogens with zero attached hydrogens (tertiary/aromatic N) is 3. The van der Waals surface area contributed by atoms with E-state index in [1.807, 2.05) is 33.2 Å². The summed E-state index contributed by atoms with van der Waals surface area (Å²) in [5, 5.41) is 12.2. The summed E-state index contributed by atoms with van der Waals surface area (Å²) < 4.78 is 24.1. The van der Waals surface area contributed by atoms with E-state index in [0.717, 1.165) is 12.1 Å². The van der Waals surface area contributed by atoms with Crippen molar-refractivity contribution in [1.82, 2.24) is 20.1 Å². The van der Waals surface area contributed by atoms with Gasteiger partial charge in [0.15, 0.2) is 5.84 Å². The number of rotatable bonds is 7. The van der Waals surface area contributed by atoms with Crippen molar-refractivity contribution in [3.63, 3.8) is 0 Å². The summed E-state index contributed by atoms with van der Waals surface area (Å²) in [5.74, 6) is -1.12. The third-order valence-corrected chi connectivity index (χ3v) is 6.53. The van der Waals surface area contributed by atoms with Gasteiger partial charge in [-0.05, 0) is 79.9 Å².